The van der Waals surface area contributed by atoms with Crippen LogP contribution in [0, 0.1) is 0 Å². The Balaban J connectivity index is 0.000000123. The lowest BCUT2D eigenvalue weighted by molar-refractivity contribution is 1.07. The molecule has 0 saturated heterocycles. The van der Waals surface area contributed by atoms with E-state index in [9.17, 15) is 0 Å². The number of hydrogen-bond acceptors (Lipinski definition) is 17. The third-order valence-electron chi connectivity index (χ3n) is 24.6. The Hall–Kier alpha value is -19.9. The molecule has 15 aromatic carbocycles. The van der Waals surface area contributed by atoms with E-state index in [1.165, 1.54) is 0 Å². The average molecular weight is 1850 g/mol. The van der Waals surface area contributed by atoms with Gasteiger partial charge in [0, 0.05) is 128 Å². The van der Waals surface area contributed by atoms with Crippen molar-refractivity contribution in [1.82, 2.24) is 84.7 Å². The second kappa shape index (κ2) is 42.4. The van der Waals surface area contributed by atoms with Crippen LogP contribution in [0.15, 0.2) is 517 Å². The van der Waals surface area contributed by atoms with Gasteiger partial charge in [-0.1, -0.05) is 352 Å². The SMILES string of the molecule is c1ccc(-c2nc(-c3ccccc3)nc(-c3cc(-c4ccc(-c5ccccn5)cc4)cc(-c4ccc(-c5ccncn5)cc4)c3)n2)cc1.c1ccc(-c2nc(-c3ccccc3)nc(-c3cc(-c4ccc(-c5cccnc5)cc4)cc(-c4ccc(-c5ccccn5)cc4)c3)n2)cc1.c1ccc(-c2nc(-c3ccccc3)nc(-c3cc(-c4ccc(-c5cccnc5)cc4)cc(-c4ccc(-c5ncccn5)cc4)c3)n2)cc1. The molecule has 9 aromatic heterocycles. The number of pyridine rings is 4. The minimum absolute atomic E-state index is 0.604. The molecular weight excluding hydrogens is 1760 g/mol. The van der Waals surface area contributed by atoms with Crippen LogP contribution < -0.4 is 0 Å². The summed E-state index contributed by atoms with van der Waals surface area (Å²) < 4.78 is 0. The molecule has 0 amide bonds. The van der Waals surface area contributed by atoms with E-state index in [2.05, 4.69) is 252 Å². The zero-order valence-corrected chi connectivity index (χ0v) is 77.7. The predicted octanol–water partition coefficient (Wildman–Crippen LogP) is 29.8. The molecule has 9 heterocycles. The lowest BCUT2D eigenvalue weighted by Gasteiger charge is -2.13. The smallest absolute Gasteiger partial charge is 0.164 e. The minimum Gasteiger partial charge on any atom is -0.264 e. The molecule has 0 radical (unpaired) electrons. The van der Waals surface area contributed by atoms with Gasteiger partial charge in [-0.05, 0) is 192 Å². The van der Waals surface area contributed by atoms with Gasteiger partial charge in [-0.2, -0.15) is 0 Å². The van der Waals surface area contributed by atoms with E-state index >= 15 is 0 Å². The number of aromatic nitrogens is 17. The van der Waals surface area contributed by atoms with E-state index < -0.39 is 0 Å². The Labute approximate surface area is 832 Å². The van der Waals surface area contributed by atoms with Crippen molar-refractivity contribution < 1.29 is 0 Å². The van der Waals surface area contributed by atoms with Crippen LogP contribution >= 0.6 is 0 Å². The van der Waals surface area contributed by atoms with Crippen molar-refractivity contribution in [2.24, 2.45) is 0 Å². The van der Waals surface area contributed by atoms with Gasteiger partial charge in [0.2, 0.25) is 0 Å². The molecule has 0 atom stereocenters. The number of hydrogen-bond donors (Lipinski definition) is 0. The molecule has 17 nitrogen and oxygen atoms in total. The fourth-order valence-corrected chi connectivity index (χ4v) is 17.1. The van der Waals surface area contributed by atoms with Crippen molar-refractivity contribution in [2.45, 2.75) is 0 Å². The van der Waals surface area contributed by atoms with Crippen LogP contribution in [-0.2, 0) is 0 Å². The second-order valence-electron chi connectivity index (χ2n) is 34.1. The minimum atomic E-state index is 0.604. The highest BCUT2D eigenvalue weighted by molar-refractivity contribution is 5.87. The molecule has 0 aliphatic heterocycles. The first-order chi connectivity index (χ1) is 71.3. The Kier molecular flexibility index (Phi) is 26.3. The molecule has 0 bridgehead atoms. The van der Waals surface area contributed by atoms with Gasteiger partial charge in [-0.3, -0.25) is 19.9 Å². The van der Waals surface area contributed by atoms with Gasteiger partial charge in [0.1, 0.15) is 6.33 Å². The van der Waals surface area contributed by atoms with Crippen LogP contribution in [-0.4, -0.2) is 84.7 Å². The molecule has 144 heavy (non-hydrogen) atoms. The summed E-state index contributed by atoms with van der Waals surface area (Å²) in [7, 11) is 0. The summed E-state index contributed by atoms with van der Waals surface area (Å²) in [5.74, 6) is 6.28. The third kappa shape index (κ3) is 21.0. The first kappa shape index (κ1) is 89.3. The lowest BCUT2D eigenvalue weighted by atomic mass is 9.94. The van der Waals surface area contributed by atoms with Crippen molar-refractivity contribution >= 4 is 0 Å². The fraction of sp³-hybridized carbons (Fsp3) is 0. The van der Waals surface area contributed by atoms with E-state index in [0.29, 0.717) is 58.2 Å². The highest BCUT2D eigenvalue weighted by atomic mass is 15.1. The maximum Gasteiger partial charge on any atom is 0.164 e. The topological polar surface area (TPSA) is 219 Å². The molecule has 24 aromatic rings. The molecule has 17 heteroatoms. The quantitative estimate of drug-likeness (QED) is 0.0653. The predicted molar refractivity (Wildman–Crippen MR) is 576 cm³/mol. The van der Waals surface area contributed by atoms with E-state index in [0.717, 1.165) is 178 Å². The van der Waals surface area contributed by atoms with Crippen molar-refractivity contribution in [1.29, 1.82) is 0 Å². The van der Waals surface area contributed by atoms with Crippen molar-refractivity contribution in [3.63, 3.8) is 0 Å². The molecule has 0 aliphatic carbocycles. The van der Waals surface area contributed by atoms with E-state index in [1.54, 1.807) is 37.3 Å². The summed E-state index contributed by atoms with van der Waals surface area (Å²) in [6.45, 7) is 0. The average Bonchev–Trinajstić information content (AvgIpc) is 0.785. The highest BCUT2D eigenvalue weighted by Crippen LogP contribution is 2.41. The van der Waals surface area contributed by atoms with E-state index in [1.807, 2.05) is 267 Å². The Bertz CT molecular complexity index is 7200. The van der Waals surface area contributed by atoms with Gasteiger partial charge < -0.3 is 0 Å². The van der Waals surface area contributed by atoms with Gasteiger partial charge in [0.05, 0.1) is 17.1 Å². The van der Waals surface area contributed by atoms with Crippen LogP contribution in [0.2, 0.25) is 0 Å². The molecule has 24 rings (SSSR count). The summed E-state index contributed by atoms with van der Waals surface area (Å²) in [5, 5.41) is 0. The zero-order valence-electron chi connectivity index (χ0n) is 77.7. The third-order valence-corrected chi connectivity index (χ3v) is 24.6. The molecule has 0 spiro atoms. The maximum absolute atomic E-state index is 5.04. The molecule has 0 saturated carbocycles. The Morgan fingerprint density at radius 3 is 0.549 bits per heavy atom. The first-order valence-electron chi connectivity index (χ1n) is 47.2. The molecule has 0 fully saturated rings. The van der Waals surface area contributed by atoms with Crippen molar-refractivity contribution in [3.8, 4) is 237 Å². The summed E-state index contributed by atoms with van der Waals surface area (Å²) >= 11 is 0. The largest absolute Gasteiger partial charge is 0.264 e. The molecule has 0 aliphatic rings. The molecule has 0 unspecified atom stereocenters. The number of rotatable bonds is 21. The number of nitrogens with zero attached hydrogens (tertiary/aromatic N) is 17. The van der Waals surface area contributed by atoms with E-state index in [-0.39, 0.29) is 0 Å². The van der Waals surface area contributed by atoms with Crippen LogP contribution in [0.4, 0.5) is 0 Å². The second-order valence-corrected chi connectivity index (χ2v) is 34.1. The fourth-order valence-electron chi connectivity index (χ4n) is 17.1. The Morgan fingerprint density at radius 1 is 0.104 bits per heavy atom. The van der Waals surface area contributed by atoms with Gasteiger partial charge in [-0.25, -0.2) is 64.8 Å². The van der Waals surface area contributed by atoms with Crippen LogP contribution in [0.5, 0.6) is 0 Å². The van der Waals surface area contributed by atoms with Gasteiger partial charge >= 0.3 is 0 Å². The van der Waals surface area contributed by atoms with Gasteiger partial charge in [-0.15, -0.1) is 0 Å². The van der Waals surface area contributed by atoms with Gasteiger partial charge in [0.15, 0.2) is 58.2 Å². The summed E-state index contributed by atoms with van der Waals surface area (Å²) in [6, 6.07) is 155. The summed E-state index contributed by atoms with van der Waals surface area (Å²) in [6.07, 6.45) is 17.8. The standard InChI is InChI=1S/C43H29N5.2C42H28N6/c1-3-10-34(11-4-1)41-46-42(35-12-5-2-6-13-35)48-43(47-41)39-27-37(31-18-16-30(17-19-31)36-14-9-24-44-29-36)26-38(28-39)32-20-22-33(23-21-32)40-15-7-8-25-45-40;1-3-9-32(10-4-1)40-46-41(33-11-5-2-6-12-33)48-42(47-40)38-26-36(30-16-14-29(15-17-30)35-13-7-22-43-28-35)25-37(27-38)31-18-20-34(21-19-31)39-44-23-8-24-45-39;1-3-9-33(10-4-1)40-46-41(34-11-5-2-6-12-34)48-42(47-40)37-26-35(29-14-18-31(19-15-29)38-13-7-8-23-44-38)25-36(27-37)30-16-20-32(21-17-30)39-22-24-43-28-45-39/h1-29H;2*1-28H. The van der Waals surface area contributed by atoms with Crippen LogP contribution in [0.1, 0.15) is 0 Å². The van der Waals surface area contributed by atoms with Crippen LogP contribution in [0.25, 0.3) is 237 Å². The molecule has 0 N–H and O–H groups in total. The summed E-state index contributed by atoms with van der Waals surface area (Å²) in [4.78, 5) is 79.8. The summed E-state index contributed by atoms with van der Waals surface area (Å²) in [5.41, 5.74) is 32.4. The molecular formula is C127H85N17. The Morgan fingerprint density at radius 2 is 0.312 bits per heavy atom. The maximum atomic E-state index is 5.04. The lowest BCUT2D eigenvalue weighted by Crippen LogP contribution is -2.00. The zero-order chi connectivity index (χ0) is 96.4. The van der Waals surface area contributed by atoms with Crippen LogP contribution in [0.3, 0.4) is 0 Å². The molecule has 678 valence electrons. The number of benzene rings is 15. The van der Waals surface area contributed by atoms with Gasteiger partial charge in [0.25, 0.3) is 0 Å². The normalized spacial score (nSPS) is 10.9. The van der Waals surface area contributed by atoms with Crippen molar-refractivity contribution in [3.05, 3.63) is 517 Å². The highest BCUT2D eigenvalue weighted by Gasteiger charge is 2.22. The van der Waals surface area contributed by atoms with Crippen molar-refractivity contribution in [2.75, 3.05) is 0 Å². The van der Waals surface area contributed by atoms with E-state index in [4.69, 9.17) is 44.9 Å². The first-order valence-corrected chi connectivity index (χ1v) is 47.2. The monoisotopic (exact) mass is 1850 g/mol.